The molecule has 6 nitrogen and oxygen atoms in total. The molecule has 32 heavy (non-hydrogen) atoms. The summed E-state index contributed by atoms with van der Waals surface area (Å²) in [6, 6.07) is 11.5. The second-order valence-electron chi connectivity index (χ2n) is 6.84. The van der Waals surface area contributed by atoms with Crippen LogP contribution in [0.5, 0.6) is 0 Å². The number of nitrogens with one attached hydrogen (secondary N) is 2. The lowest BCUT2D eigenvalue weighted by Crippen LogP contribution is -2.57. The number of para-hydroxylation sites is 1. The predicted octanol–water partition coefficient (Wildman–Crippen LogP) is 4.06. The number of urea groups is 1. The van der Waals surface area contributed by atoms with Crippen molar-refractivity contribution in [2.75, 3.05) is 11.6 Å². The molecule has 3 rings (SSSR count). The minimum Gasteiger partial charge on any atom is -0.373 e. The van der Waals surface area contributed by atoms with Crippen molar-refractivity contribution in [3.05, 3.63) is 83.7 Å². The quantitative estimate of drug-likeness (QED) is 0.287. The van der Waals surface area contributed by atoms with Gasteiger partial charge in [-0.05, 0) is 42.2 Å². The highest BCUT2D eigenvalue weighted by molar-refractivity contribution is 8.00. The van der Waals surface area contributed by atoms with E-state index in [1.807, 2.05) is 0 Å². The lowest BCUT2D eigenvalue weighted by atomic mass is 9.88. The minimum absolute atomic E-state index is 0.106. The Hall–Kier alpha value is -2.72. The van der Waals surface area contributed by atoms with Crippen LogP contribution in [-0.4, -0.2) is 38.1 Å². The zero-order chi connectivity index (χ0) is 23.5. The van der Waals surface area contributed by atoms with E-state index in [1.54, 1.807) is 42.7 Å². The van der Waals surface area contributed by atoms with Gasteiger partial charge in [0.25, 0.3) is 5.91 Å². The molecule has 0 fully saturated rings. The largest absolute Gasteiger partial charge is 0.373 e. The number of carbonyl (C=O) groups excluding carboxylic acids is 2. The number of carbonyl (C=O) groups is 2. The van der Waals surface area contributed by atoms with Crippen LogP contribution in [-0.2, 0) is 0 Å². The van der Waals surface area contributed by atoms with E-state index < -0.39 is 27.6 Å². The van der Waals surface area contributed by atoms with Gasteiger partial charge in [-0.15, -0.1) is 23.4 Å². The molecule has 0 saturated heterocycles. The average Bonchev–Trinajstić information content (AvgIpc) is 2.76. The molecule has 166 valence electrons. The molecule has 0 spiro atoms. The molecule has 0 radical (unpaired) electrons. The molecule has 0 bridgehead atoms. The number of amides is 3. The van der Waals surface area contributed by atoms with Crippen LogP contribution in [0, 0.1) is 5.82 Å². The van der Waals surface area contributed by atoms with Gasteiger partial charge in [-0.2, -0.15) is 0 Å². The van der Waals surface area contributed by atoms with Crippen molar-refractivity contribution in [3.8, 4) is 0 Å². The van der Waals surface area contributed by atoms with E-state index in [1.165, 1.54) is 30.4 Å². The summed E-state index contributed by atoms with van der Waals surface area (Å²) >= 11 is 13.0. The number of hydrogen-bond donors (Lipinski definition) is 4. The van der Waals surface area contributed by atoms with Gasteiger partial charge in [-0.25, -0.2) is 9.18 Å². The Labute approximate surface area is 198 Å². The Kier molecular flexibility index (Phi) is 7.04. The van der Waals surface area contributed by atoms with Gasteiger partial charge < -0.3 is 21.5 Å². The molecule has 0 aromatic heterocycles. The molecular formula is C22H19ClFN3O3S2. The third-order valence-electron chi connectivity index (χ3n) is 4.85. The average molecular weight is 492 g/mol. The molecule has 0 aliphatic heterocycles. The number of primary amides is 1. The minimum atomic E-state index is -1.72. The van der Waals surface area contributed by atoms with E-state index in [0.29, 0.717) is 16.8 Å². The first-order chi connectivity index (χ1) is 15.1. The number of halogens is 2. The van der Waals surface area contributed by atoms with Crippen LogP contribution in [0.15, 0.2) is 66.8 Å². The summed E-state index contributed by atoms with van der Waals surface area (Å²) in [5.74, 6) is -1.27. The maximum Gasteiger partial charge on any atom is 0.317 e. The number of nitrogens with two attached hydrogens (primary N) is 1. The number of hydrogen-bond acceptors (Lipinski definition) is 5. The van der Waals surface area contributed by atoms with Gasteiger partial charge >= 0.3 is 6.03 Å². The molecule has 2 aromatic rings. The fraction of sp³-hybridized carbons (Fsp3) is 0.136. The molecular weight excluding hydrogens is 473 g/mol. The third-order valence-corrected chi connectivity index (χ3v) is 7.16. The fourth-order valence-corrected chi connectivity index (χ4v) is 4.68. The zero-order valence-corrected chi connectivity index (χ0v) is 19.2. The lowest BCUT2D eigenvalue weighted by molar-refractivity contribution is 0.102. The predicted molar refractivity (Wildman–Crippen MR) is 130 cm³/mol. The Morgan fingerprint density at radius 3 is 2.50 bits per heavy atom. The number of thioether (sulfide) groups is 1. The van der Waals surface area contributed by atoms with E-state index >= 15 is 0 Å². The van der Waals surface area contributed by atoms with Crippen LogP contribution in [0.25, 0.3) is 5.57 Å². The molecule has 2 atom stereocenters. The number of anilines is 1. The molecule has 5 N–H and O–H groups in total. The maximum absolute atomic E-state index is 14.0. The van der Waals surface area contributed by atoms with Crippen molar-refractivity contribution in [2.24, 2.45) is 5.73 Å². The maximum atomic E-state index is 14.0. The van der Waals surface area contributed by atoms with Crippen LogP contribution in [0.3, 0.4) is 0 Å². The molecule has 0 saturated carbocycles. The van der Waals surface area contributed by atoms with Gasteiger partial charge in [-0.1, -0.05) is 48.6 Å². The van der Waals surface area contributed by atoms with Gasteiger partial charge in [-0.3, -0.25) is 4.79 Å². The monoisotopic (exact) mass is 491 g/mol. The number of benzene rings is 2. The van der Waals surface area contributed by atoms with Gasteiger partial charge in [0.2, 0.25) is 0 Å². The van der Waals surface area contributed by atoms with Gasteiger partial charge in [0, 0.05) is 11.3 Å². The van der Waals surface area contributed by atoms with Crippen LogP contribution < -0.4 is 16.4 Å². The Bertz CT molecular complexity index is 1160. The highest BCUT2D eigenvalue weighted by Gasteiger charge is 2.51. The Morgan fingerprint density at radius 2 is 1.84 bits per heavy atom. The smallest absolute Gasteiger partial charge is 0.317 e. The summed E-state index contributed by atoms with van der Waals surface area (Å²) in [4.78, 5) is 20.4. The summed E-state index contributed by atoms with van der Waals surface area (Å²) < 4.78 is 14.0. The normalized spacial score (nSPS) is 22.1. The second-order valence-corrected chi connectivity index (χ2v) is 8.88. The molecule has 2 aromatic carbocycles. The number of thiocarbonyl (C=S) groups is 1. The van der Waals surface area contributed by atoms with Crippen LogP contribution in [0.4, 0.5) is 14.9 Å². The van der Waals surface area contributed by atoms with Crippen LogP contribution in [0.2, 0.25) is 0 Å². The SMILES string of the molecule is CSC1(O)C=CC(c2ccccc2NC(=O)c2ccccc2F)=CC1(Cl)C(=S)NC(N)=O. The van der Waals surface area contributed by atoms with Crippen molar-refractivity contribution in [3.63, 3.8) is 0 Å². The van der Waals surface area contributed by atoms with Gasteiger partial charge in [0.15, 0.2) is 9.81 Å². The van der Waals surface area contributed by atoms with E-state index in [4.69, 9.17) is 29.6 Å². The highest BCUT2D eigenvalue weighted by atomic mass is 35.5. The van der Waals surface area contributed by atoms with Crippen molar-refractivity contribution >= 4 is 63.8 Å². The molecule has 3 amide bonds. The summed E-state index contributed by atoms with van der Waals surface area (Å²) in [6.45, 7) is 0. The number of allylic oxidation sites excluding steroid dienone is 2. The summed E-state index contributed by atoms with van der Waals surface area (Å²) in [5.41, 5.74) is 6.52. The van der Waals surface area contributed by atoms with Crippen molar-refractivity contribution in [1.29, 1.82) is 0 Å². The first kappa shape index (κ1) is 23.9. The number of aliphatic hydroxyl groups is 1. The summed E-state index contributed by atoms with van der Waals surface area (Å²) in [6.07, 6.45) is 6.19. The van der Waals surface area contributed by atoms with E-state index in [2.05, 4.69) is 10.6 Å². The van der Waals surface area contributed by atoms with Crippen LogP contribution >= 0.6 is 35.6 Å². The standard InChI is InChI=1S/C22H19ClFN3O3S2/c1-32-22(30)11-10-13(12-21(22,23)19(31)27-20(25)29)14-6-3-5-9-17(14)26-18(28)15-7-2-4-8-16(15)24/h2-12,30H,1H3,(H,26,28)(H3,25,27,29,31). The molecule has 1 aliphatic carbocycles. The van der Waals surface area contributed by atoms with E-state index in [0.717, 1.165) is 11.8 Å². The van der Waals surface area contributed by atoms with Gasteiger partial charge in [0.1, 0.15) is 10.8 Å². The molecule has 0 heterocycles. The van der Waals surface area contributed by atoms with E-state index in [-0.39, 0.29) is 10.6 Å². The second kappa shape index (κ2) is 9.41. The summed E-state index contributed by atoms with van der Waals surface area (Å²) in [5, 5.41) is 16.0. The van der Waals surface area contributed by atoms with E-state index in [9.17, 15) is 19.1 Å². The Balaban J connectivity index is 2.03. The topological polar surface area (TPSA) is 104 Å². The first-order valence-corrected chi connectivity index (χ1v) is 11.3. The van der Waals surface area contributed by atoms with Crippen LogP contribution in [0.1, 0.15) is 15.9 Å². The summed E-state index contributed by atoms with van der Waals surface area (Å²) in [7, 11) is 0. The lowest BCUT2D eigenvalue weighted by Gasteiger charge is -2.40. The fourth-order valence-electron chi connectivity index (χ4n) is 3.18. The number of alkyl halides is 1. The molecule has 1 aliphatic rings. The van der Waals surface area contributed by atoms with Gasteiger partial charge in [0.05, 0.1) is 5.56 Å². The van der Waals surface area contributed by atoms with Crippen molar-refractivity contribution in [1.82, 2.24) is 5.32 Å². The number of rotatable bonds is 5. The zero-order valence-electron chi connectivity index (χ0n) is 16.8. The van der Waals surface area contributed by atoms with Crippen molar-refractivity contribution in [2.45, 2.75) is 9.81 Å². The highest BCUT2D eigenvalue weighted by Crippen LogP contribution is 2.46. The molecule has 10 heteroatoms. The Morgan fingerprint density at radius 1 is 1.19 bits per heavy atom. The van der Waals surface area contributed by atoms with Crippen molar-refractivity contribution < 1.29 is 19.1 Å². The molecule has 2 unspecified atom stereocenters. The first-order valence-electron chi connectivity index (χ1n) is 9.26. The third kappa shape index (κ3) is 4.56.